The number of carbonyl (C=O) groups is 2. The molecule has 2 amide bonds. The highest BCUT2D eigenvalue weighted by Gasteiger charge is 2.32. The largest absolute Gasteiger partial charge is 0.375 e. The third-order valence-corrected chi connectivity index (χ3v) is 7.64. The number of hydrogen-bond acceptors (Lipinski definition) is 5. The average molecular weight is 456 g/mol. The summed E-state index contributed by atoms with van der Waals surface area (Å²) in [6.45, 7) is 7.67. The molecule has 0 saturated carbocycles. The summed E-state index contributed by atoms with van der Waals surface area (Å²) in [5, 5.41) is 2.19. The topological polar surface area (TPSA) is 53.1 Å². The fourth-order valence-electron chi connectivity index (χ4n) is 4.91. The third-order valence-electron chi connectivity index (χ3n) is 6.64. The summed E-state index contributed by atoms with van der Waals surface area (Å²) in [4.78, 5) is 32.9. The van der Waals surface area contributed by atoms with Gasteiger partial charge in [0, 0.05) is 57.2 Å². The summed E-state index contributed by atoms with van der Waals surface area (Å²) in [5.74, 6) is 0.169. The predicted molar refractivity (Wildman–Crippen MR) is 127 cm³/mol. The normalized spacial score (nSPS) is 21.5. The molecular formula is C25H33N3O3S. The Balaban J connectivity index is 1.40. The van der Waals surface area contributed by atoms with E-state index in [0.717, 1.165) is 19.5 Å². The molecule has 0 N–H and O–H groups in total. The van der Waals surface area contributed by atoms with E-state index in [9.17, 15) is 9.59 Å². The van der Waals surface area contributed by atoms with Gasteiger partial charge in [-0.25, -0.2) is 0 Å². The molecule has 1 saturated heterocycles. The number of amides is 2. The van der Waals surface area contributed by atoms with Gasteiger partial charge in [0.25, 0.3) is 0 Å². The van der Waals surface area contributed by atoms with Gasteiger partial charge in [0.2, 0.25) is 11.8 Å². The average Bonchev–Trinajstić information content (AvgIpc) is 3.26. The summed E-state index contributed by atoms with van der Waals surface area (Å²) in [7, 11) is 1.53. The fraction of sp³-hybridized carbons (Fsp3) is 0.520. The van der Waals surface area contributed by atoms with Crippen LogP contribution in [-0.2, 0) is 20.7 Å². The van der Waals surface area contributed by atoms with Crippen molar-refractivity contribution in [2.24, 2.45) is 0 Å². The zero-order chi connectivity index (χ0) is 22.7. The Morgan fingerprint density at radius 2 is 1.88 bits per heavy atom. The molecule has 0 radical (unpaired) electrons. The van der Waals surface area contributed by atoms with E-state index in [-0.39, 0.29) is 30.5 Å². The van der Waals surface area contributed by atoms with Gasteiger partial charge >= 0.3 is 0 Å². The van der Waals surface area contributed by atoms with Crippen molar-refractivity contribution in [2.75, 3.05) is 46.4 Å². The number of benzene rings is 1. The highest BCUT2D eigenvalue weighted by Crippen LogP contribution is 2.37. The first-order valence-electron chi connectivity index (χ1n) is 11.4. The van der Waals surface area contributed by atoms with Crippen LogP contribution in [0.15, 0.2) is 35.7 Å². The Labute approximate surface area is 194 Å². The van der Waals surface area contributed by atoms with Crippen molar-refractivity contribution in [3.63, 3.8) is 0 Å². The van der Waals surface area contributed by atoms with Crippen LogP contribution in [0.1, 0.15) is 41.0 Å². The van der Waals surface area contributed by atoms with E-state index in [1.165, 1.54) is 28.7 Å². The van der Waals surface area contributed by atoms with Gasteiger partial charge in [-0.2, -0.15) is 0 Å². The van der Waals surface area contributed by atoms with E-state index >= 15 is 0 Å². The second-order valence-electron chi connectivity index (χ2n) is 8.86. The number of methoxy groups -OCH3 is 1. The van der Waals surface area contributed by atoms with Crippen molar-refractivity contribution in [3.8, 4) is 0 Å². The second kappa shape index (κ2) is 10.1. The van der Waals surface area contributed by atoms with Gasteiger partial charge in [0.15, 0.2) is 0 Å². The highest BCUT2D eigenvalue weighted by atomic mass is 32.1. The number of rotatable bonds is 6. The molecule has 6 nitrogen and oxygen atoms in total. The zero-order valence-electron chi connectivity index (χ0n) is 19.3. The summed E-state index contributed by atoms with van der Waals surface area (Å²) in [5.41, 5.74) is 3.94. The molecule has 2 aliphatic rings. The lowest BCUT2D eigenvalue weighted by Crippen LogP contribution is -2.56. The maximum atomic E-state index is 13.0. The van der Waals surface area contributed by atoms with Gasteiger partial charge in [-0.15, -0.1) is 11.3 Å². The van der Waals surface area contributed by atoms with Crippen molar-refractivity contribution in [1.82, 2.24) is 14.7 Å². The number of aryl methyl sites for hydroxylation is 1. The summed E-state index contributed by atoms with van der Waals surface area (Å²) in [6, 6.07) is 11.3. The van der Waals surface area contributed by atoms with Crippen LogP contribution in [0.5, 0.6) is 0 Å². The summed E-state index contributed by atoms with van der Waals surface area (Å²) < 4.78 is 4.98. The van der Waals surface area contributed by atoms with E-state index in [2.05, 4.69) is 47.5 Å². The first-order chi connectivity index (χ1) is 15.5. The van der Waals surface area contributed by atoms with Crippen molar-refractivity contribution >= 4 is 23.2 Å². The SMILES string of the molecule is COCC(=O)N1CCN(C(=O)CCN2CCc3sccc3C2c2ccc(C)cc2)CC1C. The van der Waals surface area contributed by atoms with Crippen molar-refractivity contribution in [3.05, 3.63) is 57.3 Å². The Bertz CT molecular complexity index is 942. The number of ether oxygens (including phenoxy) is 1. The Morgan fingerprint density at radius 1 is 1.09 bits per heavy atom. The fourth-order valence-corrected chi connectivity index (χ4v) is 5.81. The van der Waals surface area contributed by atoms with Gasteiger partial charge in [0.1, 0.15) is 6.61 Å². The van der Waals surface area contributed by atoms with E-state index in [4.69, 9.17) is 4.74 Å². The maximum Gasteiger partial charge on any atom is 0.248 e. The number of carbonyl (C=O) groups excluding carboxylic acids is 2. The Hall–Kier alpha value is -2.22. The molecule has 2 unspecified atom stereocenters. The van der Waals surface area contributed by atoms with Crippen LogP contribution in [0.2, 0.25) is 0 Å². The van der Waals surface area contributed by atoms with Gasteiger partial charge in [-0.1, -0.05) is 29.8 Å². The van der Waals surface area contributed by atoms with Gasteiger partial charge in [-0.3, -0.25) is 14.5 Å². The number of piperazine rings is 1. The van der Waals surface area contributed by atoms with Gasteiger partial charge in [-0.05, 0) is 42.8 Å². The van der Waals surface area contributed by atoms with Crippen LogP contribution in [0.25, 0.3) is 0 Å². The van der Waals surface area contributed by atoms with Crippen LogP contribution in [0, 0.1) is 6.92 Å². The molecule has 32 heavy (non-hydrogen) atoms. The quantitative estimate of drug-likeness (QED) is 0.672. The van der Waals surface area contributed by atoms with Crippen molar-refractivity contribution in [1.29, 1.82) is 0 Å². The monoisotopic (exact) mass is 455 g/mol. The molecular weight excluding hydrogens is 422 g/mol. The van der Waals surface area contributed by atoms with Crippen LogP contribution in [-0.4, -0.2) is 79.0 Å². The number of thiophene rings is 1. The Kier molecular flexibility index (Phi) is 7.28. The standard InChI is InChI=1S/C25H33N3O3S/c1-18-4-6-20(7-5-18)25-21-10-15-32-22(21)8-11-26(25)12-9-23(29)27-13-14-28(19(2)16-27)24(30)17-31-3/h4-7,10,15,19,25H,8-9,11-14,16-17H2,1-3H3. The molecule has 1 aromatic carbocycles. The van der Waals surface area contributed by atoms with Crippen LogP contribution in [0.3, 0.4) is 0 Å². The van der Waals surface area contributed by atoms with Crippen molar-refractivity contribution < 1.29 is 14.3 Å². The molecule has 7 heteroatoms. The second-order valence-corrected chi connectivity index (χ2v) is 9.86. The minimum absolute atomic E-state index is 0.00655. The lowest BCUT2D eigenvalue weighted by molar-refractivity contribution is -0.145. The lowest BCUT2D eigenvalue weighted by atomic mass is 9.92. The van der Waals surface area contributed by atoms with Crippen LogP contribution >= 0.6 is 11.3 Å². The summed E-state index contributed by atoms with van der Waals surface area (Å²) in [6.07, 6.45) is 1.54. The van der Waals surface area contributed by atoms with Crippen LogP contribution in [0.4, 0.5) is 0 Å². The maximum absolute atomic E-state index is 13.0. The molecule has 0 spiro atoms. The molecule has 4 rings (SSSR count). The minimum atomic E-state index is -0.00655. The molecule has 3 heterocycles. The first kappa shape index (κ1) is 23.0. The molecule has 2 aromatic rings. The van der Waals surface area contributed by atoms with E-state index in [1.807, 2.05) is 28.1 Å². The molecule has 172 valence electrons. The highest BCUT2D eigenvalue weighted by molar-refractivity contribution is 7.10. The smallest absolute Gasteiger partial charge is 0.248 e. The molecule has 2 aliphatic heterocycles. The number of hydrogen-bond donors (Lipinski definition) is 0. The van der Waals surface area contributed by atoms with E-state index in [1.54, 1.807) is 0 Å². The third kappa shape index (κ3) is 4.90. The molecule has 0 bridgehead atoms. The molecule has 2 atom stereocenters. The molecule has 1 aromatic heterocycles. The number of nitrogens with zero attached hydrogens (tertiary/aromatic N) is 3. The predicted octanol–water partition coefficient (Wildman–Crippen LogP) is 3.10. The summed E-state index contributed by atoms with van der Waals surface area (Å²) >= 11 is 1.84. The van der Waals surface area contributed by atoms with Crippen LogP contribution < -0.4 is 0 Å². The van der Waals surface area contributed by atoms with Crippen molar-refractivity contribution in [2.45, 2.75) is 38.8 Å². The van der Waals surface area contributed by atoms with Gasteiger partial charge < -0.3 is 14.5 Å². The Morgan fingerprint density at radius 3 is 2.59 bits per heavy atom. The van der Waals surface area contributed by atoms with E-state index in [0.29, 0.717) is 26.1 Å². The van der Waals surface area contributed by atoms with Gasteiger partial charge in [0.05, 0.1) is 6.04 Å². The first-order valence-corrected chi connectivity index (χ1v) is 12.3. The minimum Gasteiger partial charge on any atom is -0.375 e. The van der Waals surface area contributed by atoms with E-state index < -0.39 is 0 Å². The number of fused-ring (bicyclic) bond motifs is 1. The lowest BCUT2D eigenvalue weighted by Gasteiger charge is -2.40. The molecule has 1 fully saturated rings. The zero-order valence-corrected chi connectivity index (χ0v) is 20.1. The molecule has 0 aliphatic carbocycles.